The summed E-state index contributed by atoms with van der Waals surface area (Å²) in [5, 5.41) is 5.79. The van der Waals surface area contributed by atoms with E-state index >= 15 is 0 Å². The van der Waals surface area contributed by atoms with Crippen LogP contribution in [0.1, 0.15) is 31.1 Å². The minimum absolute atomic E-state index is 0.117. The third-order valence-electron chi connectivity index (χ3n) is 4.09. The number of carbonyl (C=O) groups is 4. The van der Waals surface area contributed by atoms with Gasteiger partial charge in [0.05, 0.1) is 21.7 Å². The summed E-state index contributed by atoms with van der Waals surface area (Å²) in [5.41, 5.74) is 0.795. The van der Waals surface area contributed by atoms with Crippen molar-refractivity contribution in [3.63, 3.8) is 0 Å². The van der Waals surface area contributed by atoms with Crippen LogP contribution in [-0.4, -0.2) is 48.2 Å². The molecule has 2 aromatic carbocycles. The fourth-order valence-corrected chi connectivity index (χ4v) is 3.10. The number of nitrogens with zero attached hydrogens (tertiary/aromatic N) is 1. The summed E-state index contributed by atoms with van der Waals surface area (Å²) in [4.78, 5) is 49.5. The highest BCUT2D eigenvalue weighted by Gasteiger charge is 2.36. The number of benzene rings is 2. The number of rotatable bonds is 6. The predicted octanol–water partition coefficient (Wildman–Crippen LogP) is 2.14. The van der Waals surface area contributed by atoms with Gasteiger partial charge in [0.15, 0.2) is 0 Å². The maximum absolute atomic E-state index is 12.2. The second-order valence-corrected chi connectivity index (χ2v) is 6.82. The summed E-state index contributed by atoms with van der Waals surface area (Å²) in [6.45, 7) is -0.137. The van der Waals surface area contributed by atoms with Crippen LogP contribution < -0.4 is 10.6 Å². The van der Waals surface area contributed by atoms with Gasteiger partial charge in [0, 0.05) is 18.1 Å². The number of imide groups is 1. The van der Waals surface area contributed by atoms with E-state index in [4.69, 9.17) is 23.2 Å². The van der Waals surface area contributed by atoms with E-state index in [0.717, 1.165) is 4.90 Å². The lowest BCUT2D eigenvalue weighted by molar-refractivity contribution is -0.121. The van der Waals surface area contributed by atoms with Gasteiger partial charge in [0.2, 0.25) is 5.91 Å². The predicted molar refractivity (Wildman–Crippen MR) is 104 cm³/mol. The Kier molecular flexibility index (Phi) is 5.96. The van der Waals surface area contributed by atoms with Crippen molar-refractivity contribution in [3.05, 3.63) is 69.2 Å². The van der Waals surface area contributed by atoms with Crippen LogP contribution in [0.25, 0.3) is 0 Å². The Morgan fingerprint density at radius 2 is 1.50 bits per heavy atom. The second-order valence-electron chi connectivity index (χ2n) is 5.97. The number of carbonyl (C=O) groups excluding carboxylic acids is 4. The van der Waals surface area contributed by atoms with Gasteiger partial charge in [-0.2, -0.15) is 0 Å². The lowest BCUT2D eigenvalue weighted by atomic mass is 10.1. The van der Waals surface area contributed by atoms with Crippen molar-refractivity contribution in [1.82, 2.24) is 15.5 Å². The fourth-order valence-electron chi connectivity index (χ4n) is 2.73. The van der Waals surface area contributed by atoms with Gasteiger partial charge in [0.1, 0.15) is 6.54 Å². The largest absolute Gasteiger partial charge is 0.353 e. The van der Waals surface area contributed by atoms with Crippen molar-refractivity contribution in [2.24, 2.45) is 0 Å². The summed E-state index contributed by atoms with van der Waals surface area (Å²) in [6, 6.07) is 10.9. The van der Waals surface area contributed by atoms with E-state index in [9.17, 15) is 19.2 Å². The van der Waals surface area contributed by atoms with Crippen LogP contribution >= 0.6 is 23.2 Å². The van der Waals surface area contributed by atoms with E-state index in [1.165, 1.54) is 12.1 Å². The van der Waals surface area contributed by atoms with Crippen LogP contribution in [0.5, 0.6) is 0 Å². The fraction of sp³-hybridized carbons (Fsp3) is 0.158. The Morgan fingerprint density at radius 3 is 2.14 bits per heavy atom. The molecule has 4 amide bonds. The molecule has 1 heterocycles. The molecule has 7 nitrogen and oxygen atoms in total. The van der Waals surface area contributed by atoms with E-state index in [1.54, 1.807) is 30.3 Å². The lowest BCUT2D eigenvalue weighted by Gasteiger charge is -2.14. The molecule has 0 fully saturated rings. The molecular formula is C19H15Cl2N3O4. The molecule has 0 atom stereocenters. The molecule has 28 heavy (non-hydrogen) atoms. The molecule has 0 spiro atoms. The van der Waals surface area contributed by atoms with Crippen LogP contribution in [0.3, 0.4) is 0 Å². The lowest BCUT2D eigenvalue weighted by Crippen LogP contribution is -2.42. The van der Waals surface area contributed by atoms with E-state index in [0.29, 0.717) is 5.02 Å². The highest BCUT2D eigenvalue weighted by Crippen LogP contribution is 2.22. The molecule has 0 radical (unpaired) electrons. The van der Waals surface area contributed by atoms with Gasteiger partial charge in [-0.15, -0.1) is 0 Å². The van der Waals surface area contributed by atoms with Crippen molar-refractivity contribution < 1.29 is 19.2 Å². The zero-order valence-corrected chi connectivity index (χ0v) is 16.0. The van der Waals surface area contributed by atoms with Gasteiger partial charge in [-0.25, -0.2) is 0 Å². The third-order valence-corrected chi connectivity index (χ3v) is 4.65. The molecule has 0 unspecified atom stereocenters. The summed E-state index contributed by atoms with van der Waals surface area (Å²) in [7, 11) is 0. The monoisotopic (exact) mass is 419 g/mol. The molecule has 1 aliphatic rings. The Morgan fingerprint density at radius 1 is 0.893 bits per heavy atom. The molecule has 0 bridgehead atoms. The van der Waals surface area contributed by atoms with E-state index in [-0.39, 0.29) is 41.3 Å². The van der Waals surface area contributed by atoms with Gasteiger partial charge in [-0.3, -0.25) is 24.1 Å². The number of nitrogens with one attached hydrogen (secondary N) is 2. The van der Waals surface area contributed by atoms with E-state index < -0.39 is 23.6 Å². The molecule has 9 heteroatoms. The zero-order chi connectivity index (χ0) is 20.3. The Balaban J connectivity index is 1.47. The molecule has 0 saturated carbocycles. The highest BCUT2D eigenvalue weighted by molar-refractivity contribution is 6.35. The number of fused-ring (bicyclic) bond motifs is 1. The Hall–Kier alpha value is -2.90. The Bertz CT molecular complexity index is 942. The van der Waals surface area contributed by atoms with Crippen LogP contribution in [-0.2, 0) is 4.79 Å². The maximum atomic E-state index is 12.2. The molecule has 0 aliphatic carbocycles. The van der Waals surface area contributed by atoms with Gasteiger partial charge in [-0.1, -0.05) is 35.3 Å². The Labute approximate surface area is 170 Å². The minimum atomic E-state index is -0.510. The van der Waals surface area contributed by atoms with E-state index in [1.807, 2.05) is 0 Å². The first-order valence-electron chi connectivity index (χ1n) is 8.33. The quantitative estimate of drug-likeness (QED) is 0.553. The van der Waals surface area contributed by atoms with Crippen molar-refractivity contribution >= 4 is 46.8 Å². The third kappa shape index (κ3) is 4.16. The van der Waals surface area contributed by atoms with Crippen LogP contribution in [0.15, 0.2) is 42.5 Å². The summed E-state index contributed by atoms with van der Waals surface area (Å²) in [6.07, 6.45) is 0. The zero-order valence-electron chi connectivity index (χ0n) is 14.5. The number of hydrogen-bond acceptors (Lipinski definition) is 4. The van der Waals surface area contributed by atoms with Crippen LogP contribution in [0.2, 0.25) is 10.0 Å². The number of amides is 4. The molecule has 144 valence electrons. The molecule has 3 rings (SSSR count). The van der Waals surface area contributed by atoms with Crippen molar-refractivity contribution in [3.8, 4) is 0 Å². The molecule has 1 aliphatic heterocycles. The number of halogens is 2. The minimum Gasteiger partial charge on any atom is -0.353 e. The topological polar surface area (TPSA) is 95.6 Å². The van der Waals surface area contributed by atoms with Gasteiger partial charge >= 0.3 is 0 Å². The average molecular weight is 420 g/mol. The first-order chi connectivity index (χ1) is 13.4. The van der Waals surface area contributed by atoms with E-state index in [2.05, 4.69) is 10.6 Å². The molecule has 2 aromatic rings. The van der Waals surface area contributed by atoms with Gasteiger partial charge < -0.3 is 10.6 Å². The standard InChI is InChI=1S/C19H15Cl2N3O4/c20-11-5-6-15(21)14(9-11)17(26)23-8-7-22-16(25)10-24-18(27)12-3-1-2-4-13(12)19(24)28/h1-6,9H,7-8,10H2,(H,22,25)(H,23,26). The maximum Gasteiger partial charge on any atom is 0.262 e. The van der Waals surface area contributed by atoms with Crippen LogP contribution in [0.4, 0.5) is 0 Å². The molecule has 2 N–H and O–H groups in total. The molecule has 0 saturated heterocycles. The first-order valence-corrected chi connectivity index (χ1v) is 9.09. The van der Waals surface area contributed by atoms with Crippen molar-refractivity contribution in [1.29, 1.82) is 0 Å². The van der Waals surface area contributed by atoms with Gasteiger partial charge in [-0.05, 0) is 30.3 Å². The SMILES string of the molecule is O=C(CN1C(=O)c2ccccc2C1=O)NCCNC(=O)c1cc(Cl)ccc1Cl. The molecule has 0 aromatic heterocycles. The summed E-state index contributed by atoms with van der Waals surface area (Å²) in [5.74, 6) is -1.94. The number of hydrogen-bond donors (Lipinski definition) is 2. The second kappa shape index (κ2) is 8.41. The smallest absolute Gasteiger partial charge is 0.262 e. The van der Waals surface area contributed by atoms with Crippen LogP contribution in [0, 0.1) is 0 Å². The van der Waals surface area contributed by atoms with Gasteiger partial charge in [0.25, 0.3) is 17.7 Å². The molecular weight excluding hydrogens is 405 g/mol. The highest BCUT2D eigenvalue weighted by atomic mass is 35.5. The average Bonchev–Trinajstić information content (AvgIpc) is 2.92. The first kappa shape index (κ1) is 19.9. The van der Waals surface area contributed by atoms with Crippen molar-refractivity contribution in [2.45, 2.75) is 0 Å². The summed E-state index contributed by atoms with van der Waals surface area (Å²) >= 11 is 11.8. The summed E-state index contributed by atoms with van der Waals surface area (Å²) < 4.78 is 0. The normalized spacial score (nSPS) is 12.7. The van der Waals surface area contributed by atoms with Crippen molar-refractivity contribution in [2.75, 3.05) is 19.6 Å².